The maximum absolute atomic E-state index is 13.0. The first-order chi connectivity index (χ1) is 16.4. The molecule has 11 nitrogen and oxygen atoms in total. The van der Waals surface area contributed by atoms with Crippen molar-refractivity contribution < 1.29 is 9.72 Å². The molecule has 0 saturated carbocycles. The molecule has 1 aliphatic heterocycles. The first kappa shape index (κ1) is 21.7. The van der Waals surface area contributed by atoms with Gasteiger partial charge in [0.25, 0.3) is 11.6 Å². The summed E-state index contributed by atoms with van der Waals surface area (Å²) in [5.41, 5.74) is 2.85. The Kier molecular flexibility index (Phi) is 5.54. The Bertz CT molecular complexity index is 1400. The van der Waals surface area contributed by atoms with Gasteiger partial charge in [-0.2, -0.15) is 4.68 Å². The second-order valence-corrected chi connectivity index (χ2v) is 8.34. The molecule has 2 aromatic heterocycles. The van der Waals surface area contributed by atoms with E-state index >= 15 is 0 Å². The average molecular weight is 479 g/mol. The molecule has 3 heterocycles. The summed E-state index contributed by atoms with van der Waals surface area (Å²) in [6.07, 6.45) is 1.47. The van der Waals surface area contributed by atoms with Crippen molar-refractivity contribution in [2.24, 2.45) is 0 Å². The number of hydrogen-bond acceptors (Lipinski definition) is 8. The van der Waals surface area contributed by atoms with Crippen LogP contribution >= 0.6 is 11.6 Å². The molecule has 0 spiro atoms. The van der Waals surface area contributed by atoms with Crippen molar-refractivity contribution in [2.75, 3.05) is 31.1 Å². The number of nitro groups is 1. The minimum Gasteiger partial charge on any atom is -0.351 e. The molecule has 1 aliphatic rings. The SMILES string of the molecule is Cc1ccc(-n2nnc3c(N4CCN(C(=O)c5cc(Cl)ccc5[N+](=O)[O-])CC4)ncnc32)cc1. The molecular weight excluding hydrogens is 460 g/mol. The number of halogens is 1. The number of carbonyl (C=O) groups excluding carboxylic acids is 1. The number of piperazine rings is 1. The number of benzene rings is 2. The van der Waals surface area contributed by atoms with Crippen LogP contribution in [0, 0.1) is 17.0 Å². The third-order valence-corrected chi connectivity index (χ3v) is 5.98. The van der Waals surface area contributed by atoms with Gasteiger partial charge in [-0.1, -0.05) is 34.5 Å². The monoisotopic (exact) mass is 478 g/mol. The van der Waals surface area contributed by atoms with Crippen molar-refractivity contribution in [3.8, 4) is 5.69 Å². The van der Waals surface area contributed by atoms with Gasteiger partial charge in [-0.25, -0.2) is 9.97 Å². The smallest absolute Gasteiger partial charge is 0.282 e. The lowest BCUT2D eigenvalue weighted by Crippen LogP contribution is -2.49. The van der Waals surface area contributed by atoms with Crippen molar-refractivity contribution in [3.05, 3.63) is 75.1 Å². The van der Waals surface area contributed by atoms with Crippen LogP contribution in [-0.2, 0) is 0 Å². The van der Waals surface area contributed by atoms with E-state index in [-0.39, 0.29) is 16.3 Å². The number of amides is 1. The molecule has 2 aromatic carbocycles. The van der Waals surface area contributed by atoms with Gasteiger partial charge < -0.3 is 9.80 Å². The Balaban J connectivity index is 1.37. The first-order valence-electron chi connectivity index (χ1n) is 10.5. The Morgan fingerprint density at radius 2 is 1.79 bits per heavy atom. The van der Waals surface area contributed by atoms with Crippen molar-refractivity contribution in [2.45, 2.75) is 6.92 Å². The summed E-state index contributed by atoms with van der Waals surface area (Å²) in [6, 6.07) is 11.9. The highest BCUT2D eigenvalue weighted by atomic mass is 35.5. The number of hydrogen-bond donors (Lipinski definition) is 0. The average Bonchev–Trinajstić information content (AvgIpc) is 3.28. The van der Waals surface area contributed by atoms with Gasteiger partial charge in [0.15, 0.2) is 17.0 Å². The van der Waals surface area contributed by atoms with Gasteiger partial charge in [-0.05, 0) is 31.2 Å². The van der Waals surface area contributed by atoms with Gasteiger partial charge in [-0.15, -0.1) is 5.10 Å². The van der Waals surface area contributed by atoms with Crippen molar-refractivity contribution in [3.63, 3.8) is 0 Å². The number of aryl methyl sites for hydroxylation is 1. The van der Waals surface area contributed by atoms with Crippen LogP contribution in [0.3, 0.4) is 0 Å². The molecule has 1 fully saturated rings. The molecular formula is C22H19ClN8O3. The lowest BCUT2D eigenvalue weighted by molar-refractivity contribution is -0.385. The number of rotatable bonds is 4. The van der Waals surface area contributed by atoms with Crippen LogP contribution in [0.4, 0.5) is 11.5 Å². The molecule has 34 heavy (non-hydrogen) atoms. The minimum atomic E-state index is -0.575. The predicted molar refractivity (Wildman–Crippen MR) is 125 cm³/mol. The largest absolute Gasteiger partial charge is 0.351 e. The Labute approximate surface area is 198 Å². The molecule has 0 N–H and O–H groups in total. The zero-order valence-electron chi connectivity index (χ0n) is 18.1. The maximum Gasteiger partial charge on any atom is 0.282 e. The molecule has 0 atom stereocenters. The van der Waals surface area contributed by atoms with Crippen LogP contribution in [-0.4, -0.2) is 66.9 Å². The third kappa shape index (κ3) is 3.90. The van der Waals surface area contributed by atoms with E-state index in [4.69, 9.17) is 11.6 Å². The van der Waals surface area contributed by atoms with Gasteiger partial charge in [0.1, 0.15) is 11.9 Å². The van der Waals surface area contributed by atoms with Crippen LogP contribution < -0.4 is 4.90 Å². The zero-order valence-corrected chi connectivity index (χ0v) is 18.9. The number of fused-ring (bicyclic) bond motifs is 1. The fraction of sp³-hybridized carbons (Fsp3) is 0.227. The van der Waals surface area contributed by atoms with Gasteiger partial charge in [0.05, 0.1) is 10.6 Å². The van der Waals surface area contributed by atoms with E-state index in [9.17, 15) is 14.9 Å². The summed E-state index contributed by atoms with van der Waals surface area (Å²) in [6.45, 7) is 3.69. The number of nitrogens with zero attached hydrogens (tertiary/aromatic N) is 8. The van der Waals surface area contributed by atoms with Crippen LogP contribution in [0.2, 0.25) is 5.02 Å². The summed E-state index contributed by atoms with van der Waals surface area (Å²) in [5.74, 6) is 0.205. The summed E-state index contributed by atoms with van der Waals surface area (Å²) >= 11 is 5.99. The highest BCUT2D eigenvalue weighted by Gasteiger charge is 2.29. The molecule has 0 unspecified atom stereocenters. The number of anilines is 1. The third-order valence-electron chi connectivity index (χ3n) is 5.75. The Morgan fingerprint density at radius 3 is 2.50 bits per heavy atom. The molecule has 0 radical (unpaired) electrons. The normalized spacial score (nSPS) is 13.9. The highest BCUT2D eigenvalue weighted by Crippen LogP contribution is 2.27. The van der Waals surface area contributed by atoms with E-state index in [0.717, 1.165) is 11.3 Å². The molecule has 0 bridgehead atoms. The highest BCUT2D eigenvalue weighted by molar-refractivity contribution is 6.31. The van der Waals surface area contributed by atoms with Crippen molar-refractivity contribution in [1.29, 1.82) is 0 Å². The fourth-order valence-corrected chi connectivity index (χ4v) is 4.13. The maximum atomic E-state index is 13.0. The number of carbonyl (C=O) groups is 1. The minimum absolute atomic E-state index is 0.0172. The van der Waals surface area contributed by atoms with E-state index < -0.39 is 10.8 Å². The van der Waals surface area contributed by atoms with Crippen molar-refractivity contribution >= 4 is 40.2 Å². The lowest BCUT2D eigenvalue weighted by atomic mass is 10.1. The van der Waals surface area contributed by atoms with Gasteiger partial charge >= 0.3 is 0 Å². The molecule has 172 valence electrons. The fourth-order valence-electron chi connectivity index (χ4n) is 3.96. The zero-order chi connectivity index (χ0) is 23.8. The second kappa shape index (κ2) is 8.67. The van der Waals surface area contributed by atoms with Gasteiger partial charge in [0, 0.05) is 37.3 Å². The second-order valence-electron chi connectivity index (χ2n) is 7.90. The molecule has 1 amide bonds. The van der Waals surface area contributed by atoms with E-state index in [1.54, 1.807) is 9.58 Å². The molecule has 12 heteroatoms. The van der Waals surface area contributed by atoms with E-state index in [2.05, 4.69) is 20.3 Å². The topological polar surface area (TPSA) is 123 Å². The first-order valence-corrected chi connectivity index (χ1v) is 10.9. The van der Waals surface area contributed by atoms with Crippen LogP contribution in [0.1, 0.15) is 15.9 Å². The summed E-state index contributed by atoms with van der Waals surface area (Å²) in [5, 5.41) is 20.2. The summed E-state index contributed by atoms with van der Waals surface area (Å²) < 4.78 is 1.66. The molecule has 0 aliphatic carbocycles. The van der Waals surface area contributed by atoms with Crippen LogP contribution in [0.5, 0.6) is 0 Å². The van der Waals surface area contributed by atoms with Gasteiger partial charge in [-0.3, -0.25) is 14.9 Å². The van der Waals surface area contributed by atoms with Gasteiger partial charge in [0.2, 0.25) is 0 Å². The van der Waals surface area contributed by atoms with Crippen molar-refractivity contribution in [1.82, 2.24) is 29.9 Å². The lowest BCUT2D eigenvalue weighted by Gasteiger charge is -2.35. The molecule has 4 aromatic rings. The van der Waals surface area contributed by atoms with Crippen LogP contribution in [0.25, 0.3) is 16.9 Å². The molecule has 1 saturated heterocycles. The predicted octanol–water partition coefficient (Wildman–Crippen LogP) is 3.04. The van der Waals surface area contributed by atoms with E-state index in [0.29, 0.717) is 43.2 Å². The number of aromatic nitrogens is 5. The standard InChI is InChI=1S/C22H19ClN8O3/c1-14-2-5-16(6-3-14)30-21-19(26-27-30)20(24-13-25-21)28-8-10-29(11-9-28)22(32)17-12-15(23)4-7-18(17)31(33)34/h2-7,12-13H,8-11H2,1H3. The Hall–Kier alpha value is -4.12. The summed E-state index contributed by atoms with van der Waals surface area (Å²) in [4.78, 5) is 36.2. The van der Waals surface area contributed by atoms with E-state index in [1.165, 1.54) is 24.5 Å². The quantitative estimate of drug-likeness (QED) is 0.324. The molecule has 5 rings (SSSR count). The Morgan fingerprint density at radius 1 is 1.06 bits per heavy atom. The summed E-state index contributed by atoms with van der Waals surface area (Å²) in [7, 11) is 0. The number of nitro benzene ring substituents is 1. The van der Waals surface area contributed by atoms with Crippen LogP contribution in [0.15, 0.2) is 48.8 Å². The van der Waals surface area contributed by atoms with E-state index in [1.807, 2.05) is 36.1 Å².